The van der Waals surface area contributed by atoms with Crippen molar-refractivity contribution >= 4 is 10.8 Å². The average molecular weight is 423 g/mol. The molecule has 0 spiro atoms. The van der Waals surface area contributed by atoms with Gasteiger partial charge in [0.15, 0.2) is 0 Å². The molecule has 19 heavy (non-hydrogen) atoms. The van der Waals surface area contributed by atoms with Gasteiger partial charge in [0.05, 0.1) is 0 Å². The summed E-state index contributed by atoms with van der Waals surface area (Å²) in [6.07, 6.45) is 2.33. The molecule has 3 rings (SSSR count). The van der Waals surface area contributed by atoms with Crippen LogP contribution in [-0.4, -0.2) is 4.98 Å². The second-order valence-corrected chi connectivity index (χ2v) is 4.17. The zero-order chi connectivity index (χ0) is 12.4. The fourth-order valence-corrected chi connectivity index (χ4v) is 2.11. The van der Waals surface area contributed by atoms with E-state index < -0.39 is 0 Å². The van der Waals surface area contributed by atoms with Crippen molar-refractivity contribution < 1.29 is 20.1 Å². The van der Waals surface area contributed by atoms with Crippen molar-refractivity contribution in [2.75, 3.05) is 0 Å². The number of hydrogen-bond acceptors (Lipinski definition) is 1. The van der Waals surface area contributed by atoms with Gasteiger partial charge in [0.1, 0.15) is 0 Å². The predicted octanol–water partition coefficient (Wildman–Crippen LogP) is 3.95. The summed E-state index contributed by atoms with van der Waals surface area (Å²) in [5.74, 6) is 0. The fourth-order valence-electron chi connectivity index (χ4n) is 2.11. The van der Waals surface area contributed by atoms with E-state index in [9.17, 15) is 0 Å². The van der Waals surface area contributed by atoms with E-state index in [1.165, 1.54) is 5.39 Å². The van der Waals surface area contributed by atoms with E-state index >= 15 is 0 Å². The maximum absolute atomic E-state index is 5.66. The third-order valence-electron chi connectivity index (χ3n) is 3.00. The van der Waals surface area contributed by atoms with Crippen LogP contribution >= 0.6 is 0 Å². The van der Waals surface area contributed by atoms with E-state index in [2.05, 4.69) is 23.2 Å². The molecule has 1 aromatic heterocycles. The van der Waals surface area contributed by atoms with Crippen LogP contribution in [0.1, 0.15) is 5.56 Å². The van der Waals surface area contributed by atoms with Crippen molar-refractivity contribution in [1.29, 1.82) is 0 Å². The molecule has 0 atom stereocenters. The Labute approximate surface area is 127 Å². The minimum Gasteiger partial charge on any atom is -0.304 e. The van der Waals surface area contributed by atoms with Crippen LogP contribution in [0.4, 0.5) is 0 Å². The van der Waals surface area contributed by atoms with Crippen molar-refractivity contribution in [2.45, 2.75) is 6.42 Å². The van der Waals surface area contributed by atoms with Crippen LogP contribution in [-0.2, 0) is 26.5 Å². The first-order valence-electron chi connectivity index (χ1n) is 5.94. The number of aromatic nitrogens is 1. The molecule has 0 unspecified atom stereocenters. The van der Waals surface area contributed by atoms with Gasteiger partial charge in [0.2, 0.25) is 0 Å². The minimum absolute atomic E-state index is 0. The van der Waals surface area contributed by atoms with Gasteiger partial charge < -0.3 is 4.98 Å². The molecular formula is C17H12IrN-. The number of nitrogens with zero attached hydrogens (tertiary/aromatic N) is 1. The summed E-state index contributed by atoms with van der Waals surface area (Å²) in [6, 6.07) is 19.6. The van der Waals surface area contributed by atoms with E-state index in [0.717, 1.165) is 22.2 Å². The summed E-state index contributed by atoms with van der Waals surface area (Å²) < 4.78 is 0. The second kappa shape index (κ2) is 6.10. The van der Waals surface area contributed by atoms with Crippen LogP contribution in [0.5, 0.6) is 0 Å². The minimum atomic E-state index is 0. The first kappa shape index (κ1) is 13.9. The van der Waals surface area contributed by atoms with E-state index in [-0.39, 0.29) is 20.1 Å². The van der Waals surface area contributed by atoms with Crippen LogP contribution in [0, 0.1) is 13.0 Å². The molecule has 0 saturated heterocycles. The summed E-state index contributed by atoms with van der Waals surface area (Å²) in [5.41, 5.74) is 2.96. The standard InChI is InChI=1S/C17H12N.Ir/c1-2-13-6-5-8-15(12-13)17-16-9-4-3-7-14(16)10-11-18-17;/h1,3-11H,2H2;/q-1;. The van der Waals surface area contributed by atoms with Crippen molar-refractivity contribution in [2.24, 2.45) is 0 Å². The summed E-state index contributed by atoms with van der Waals surface area (Å²) in [7, 11) is 0. The van der Waals surface area contributed by atoms with E-state index in [0.29, 0.717) is 6.42 Å². The van der Waals surface area contributed by atoms with Crippen molar-refractivity contribution in [3.63, 3.8) is 0 Å². The number of fused-ring (bicyclic) bond motifs is 1. The SMILES string of the molecule is [CH]Cc1[c-]c(-c2nccc3ccccc23)ccc1.[Ir]. The molecule has 1 heterocycles. The van der Waals surface area contributed by atoms with Gasteiger partial charge in [-0.1, -0.05) is 24.3 Å². The van der Waals surface area contributed by atoms with E-state index in [1.54, 1.807) is 0 Å². The summed E-state index contributed by atoms with van der Waals surface area (Å²) in [5, 5.41) is 2.33. The molecule has 0 aliphatic rings. The van der Waals surface area contributed by atoms with E-state index in [1.807, 2.05) is 42.6 Å². The fraction of sp³-hybridized carbons (Fsp3) is 0.0588. The molecule has 95 valence electrons. The Morgan fingerprint density at radius 2 is 1.84 bits per heavy atom. The molecule has 0 aliphatic heterocycles. The normalized spacial score (nSPS) is 10.2. The third kappa shape index (κ3) is 2.75. The smallest absolute Gasteiger partial charge is 0.0167 e. The Hall–Kier alpha value is -1.50. The van der Waals surface area contributed by atoms with Crippen LogP contribution in [0.15, 0.2) is 54.7 Å². The first-order valence-corrected chi connectivity index (χ1v) is 5.94. The van der Waals surface area contributed by atoms with Gasteiger partial charge in [-0.3, -0.25) is 0 Å². The quantitative estimate of drug-likeness (QED) is 0.570. The molecular weight excluding hydrogens is 410 g/mol. The molecule has 0 fully saturated rings. The van der Waals surface area contributed by atoms with Crippen LogP contribution in [0.3, 0.4) is 0 Å². The molecule has 0 N–H and O–H groups in total. The molecule has 2 heteroatoms. The largest absolute Gasteiger partial charge is 0.304 e. The van der Waals surface area contributed by atoms with Crippen LogP contribution in [0.2, 0.25) is 0 Å². The van der Waals surface area contributed by atoms with Crippen molar-refractivity contribution in [3.8, 4) is 11.3 Å². The maximum atomic E-state index is 5.66. The Bertz CT molecular complexity index is 686. The number of hydrogen-bond donors (Lipinski definition) is 0. The van der Waals surface area contributed by atoms with Gasteiger partial charge in [0.25, 0.3) is 0 Å². The topological polar surface area (TPSA) is 12.9 Å². The van der Waals surface area contributed by atoms with E-state index in [4.69, 9.17) is 6.92 Å². The summed E-state index contributed by atoms with van der Waals surface area (Å²) in [6.45, 7) is 5.66. The molecule has 0 aliphatic carbocycles. The zero-order valence-electron chi connectivity index (χ0n) is 10.3. The number of pyridine rings is 1. The second-order valence-electron chi connectivity index (χ2n) is 4.17. The molecule has 3 radical (unpaired) electrons. The van der Waals surface area contributed by atoms with Crippen LogP contribution < -0.4 is 0 Å². The van der Waals surface area contributed by atoms with Crippen LogP contribution in [0.25, 0.3) is 22.0 Å². The number of benzene rings is 2. The van der Waals surface area contributed by atoms with Gasteiger partial charge in [0, 0.05) is 26.3 Å². The molecule has 1 nitrogen and oxygen atoms in total. The number of rotatable bonds is 2. The molecule has 0 amide bonds. The average Bonchev–Trinajstić information content (AvgIpc) is 2.47. The Morgan fingerprint density at radius 3 is 2.68 bits per heavy atom. The maximum Gasteiger partial charge on any atom is 0.0167 e. The Balaban J connectivity index is 0.00000133. The molecule has 2 aromatic carbocycles. The zero-order valence-corrected chi connectivity index (χ0v) is 12.7. The predicted molar refractivity (Wildman–Crippen MR) is 74.0 cm³/mol. The van der Waals surface area contributed by atoms with Crippen molar-refractivity contribution in [1.82, 2.24) is 4.98 Å². The van der Waals surface area contributed by atoms with Crippen molar-refractivity contribution in [3.05, 3.63) is 73.3 Å². The van der Waals surface area contributed by atoms with Gasteiger partial charge in [-0.25, -0.2) is 0 Å². The summed E-state index contributed by atoms with van der Waals surface area (Å²) in [4.78, 5) is 4.48. The van der Waals surface area contributed by atoms with Gasteiger partial charge in [-0.15, -0.1) is 35.4 Å². The summed E-state index contributed by atoms with van der Waals surface area (Å²) >= 11 is 0. The molecule has 0 saturated carbocycles. The van der Waals surface area contributed by atoms with Gasteiger partial charge >= 0.3 is 0 Å². The van der Waals surface area contributed by atoms with Gasteiger partial charge in [-0.2, -0.15) is 0 Å². The Kier molecular flexibility index (Phi) is 4.47. The molecule has 3 aromatic rings. The Morgan fingerprint density at radius 1 is 1.00 bits per heavy atom. The third-order valence-corrected chi connectivity index (χ3v) is 3.00. The first-order chi connectivity index (χ1) is 8.88. The monoisotopic (exact) mass is 423 g/mol. The molecule has 0 bridgehead atoms. The van der Waals surface area contributed by atoms with Gasteiger partial charge in [-0.05, 0) is 35.9 Å².